The Bertz CT molecular complexity index is 956. The normalized spacial score (nSPS) is 18.5. The quantitative estimate of drug-likeness (QED) is 0.672. The number of nitrogens with one attached hydrogen (secondary N) is 1. The predicted octanol–water partition coefficient (Wildman–Crippen LogP) is 4.32. The number of nitrogens with two attached hydrogens (primary N) is 1. The van der Waals surface area contributed by atoms with Crippen LogP contribution in [0, 0.1) is 0 Å². The summed E-state index contributed by atoms with van der Waals surface area (Å²) in [4.78, 5) is 6.51. The van der Waals surface area contributed by atoms with E-state index in [1.807, 2.05) is 7.05 Å². The highest BCUT2D eigenvalue weighted by Gasteiger charge is 2.32. The lowest BCUT2D eigenvalue weighted by molar-refractivity contribution is -0.137. The number of allylic oxidation sites excluding steroid dienone is 1. The van der Waals surface area contributed by atoms with Crippen LogP contribution in [0.15, 0.2) is 23.9 Å². The van der Waals surface area contributed by atoms with E-state index < -0.39 is 23.7 Å². The van der Waals surface area contributed by atoms with Crippen LogP contribution >= 0.6 is 0 Å². The average molecular weight is 442 g/mol. The Morgan fingerprint density at radius 1 is 1.29 bits per heavy atom. The fourth-order valence-electron chi connectivity index (χ4n) is 3.51. The molecule has 1 aromatic heterocycles. The van der Waals surface area contributed by atoms with E-state index in [0.717, 1.165) is 38.1 Å². The Morgan fingerprint density at radius 2 is 2.03 bits per heavy atom. The molecule has 168 valence electrons. The van der Waals surface area contributed by atoms with Crippen molar-refractivity contribution in [1.29, 1.82) is 0 Å². The number of hydrogen-bond acceptors (Lipinski definition) is 6. The van der Waals surface area contributed by atoms with Crippen LogP contribution in [-0.2, 0) is 6.18 Å². The minimum absolute atomic E-state index is 0.0693. The standard InChI is InChI=1S/C20H23F5N6/c1-11(26)8-16-17(14-6-5-12(20(23,24)25)9-15(14)18(21)22)29-30-19(28-16)27-13-4-3-7-31(2)10-13/h5-6,8-9,13,18H,3-4,7,10,26H2,1-2H3,(H,27,28,30)/t13-/m0/s1. The second-order valence-corrected chi connectivity index (χ2v) is 7.60. The summed E-state index contributed by atoms with van der Waals surface area (Å²) in [6, 6.07) is 2.21. The third-order valence-electron chi connectivity index (χ3n) is 4.90. The van der Waals surface area contributed by atoms with Gasteiger partial charge in [0.05, 0.1) is 11.3 Å². The maximum Gasteiger partial charge on any atom is 0.416 e. The molecule has 1 saturated heterocycles. The van der Waals surface area contributed by atoms with Gasteiger partial charge in [-0.15, -0.1) is 10.2 Å². The Labute approximate surface area is 176 Å². The lowest BCUT2D eigenvalue weighted by atomic mass is 9.99. The zero-order chi connectivity index (χ0) is 22.8. The summed E-state index contributed by atoms with van der Waals surface area (Å²) in [5, 5.41) is 11.2. The first-order valence-electron chi connectivity index (χ1n) is 9.68. The predicted molar refractivity (Wildman–Crippen MR) is 107 cm³/mol. The third-order valence-corrected chi connectivity index (χ3v) is 4.90. The van der Waals surface area contributed by atoms with Crippen LogP contribution in [0.1, 0.15) is 43.0 Å². The molecule has 1 aliphatic rings. The van der Waals surface area contributed by atoms with Gasteiger partial charge in [-0.2, -0.15) is 13.2 Å². The maximum absolute atomic E-state index is 13.6. The molecule has 3 rings (SSSR count). The van der Waals surface area contributed by atoms with Crippen LogP contribution in [0.3, 0.4) is 0 Å². The van der Waals surface area contributed by atoms with Gasteiger partial charge in [0.15, 0.2) is 0 Å². The van der Waals surface area contributed by atoms with Gasteiger partial charge in [-0.1, -0.05) is 6.07 Å². The summed E-state index contributed by atoms with van der Waals surface area (Å²) >= 11 is 0. The van der Waals surface area contributed by atoms with Crippen LogP contribution in [0.4, 0.5) is 27.9 Å². The summed E-state index contributed by atoms with van der Waals surface area (Å²) in [7, 11) is 2.00. The van der Waals surface area contributed by atoms with E-state index in [1.54, 1.807) is 6.92 Å². The van der Waals surface area contributed by atoms with Crippen molar-refractivity contribution in [1.82, 2.24) is 20.1 Å². The Morgan fingerprint density at radius 3 is 2.65 bits per heavy atom. The van der Waals surface area contributed by atoms with Gasteiger partial charge in [-0.3, -0.25) is 0 Å². The fraction of sp³-hybridized carbons (Fsp3) is 0.450. The van der Waals surface area contributed by atoms with Crippen molar-refractivity contribution in [3.05, 3.63) is 40.7 Å². The second kappa shape index (κ2) is 9.13. The molecule has 6 nitrogen and oxygen atoms in total. The molecule has 0 aliphatic carbocycles. The monoisotopic (exact) mass is 442 g/mol. The van der Waals surface area contributed by atoms with Crippen LogP contribution in [0.2, 0.25) is 0 Å². The van der Waals surface area contributed by atoms with Gasteiger partial charge in [0.1, 0.15) is 5.69 Å². The summed E-state index contributed by atoms with van der Waals surface area (Å²) < 4.78 is 66.2. The van der Waals surface area contributed by atoms with E-state index >= 15 is 0 Å². The number of hydrogen-bond donors (Lipinski definition) is 2. The molecule has 0 spiro atoms. The molecule has 0 radical (unpaired) electrons. The van der Waals surface area contributed by atoms with Gasteiger partial charge in [0.2, 0.25) is 5.95 Å². The molecule has 2 aromatic rings. The van der Waals surface area contributed by atoms with Gasteiger partial charge < -0.3 is 16.0 Å². The highest BCUT2D eigenvalue weighted by atomic mass is 19.4. The number of rotatable bonds is 5. The Kier molecular flexibility index (Phi) is 6.73. The molecule has 1 fully saturated rings. The summed E-state index contributed by atoms with van der Waals surface area (Å²) in [6.45, 7) is 3.34. The zero-order valence-electron chi connectivity index (χ0n) is 17.0. The highest BCUT2D eigenvalue weighted by molar-refractivity contribution is 5.73. The van der Waals surface area contributed by atoms with Gasteiger partial charge in [0.25, 0.3) is 6.43 Å². The summed E-state index contributed by atoms with van der Waals surface area (Å²) in [6.07, 6.45) is -4.56. The molecule has 2 heterocycles. The lowest BCUT2D eigenvalue weighted by Crippen LogP contribution is -2.40. The number of anilines is 1. The molecule has 1 atom stereocenters. The minimum atomic E-state index is -4.75. The molecule has 1 aliphatic heterocycles. The molecule has 0 amide bonds. The first-order chi connectivity index (χ1) is 14.5. The van der Waals surface area contributed by atoms with Gasteiger partial charge in [-0.25, -0.2) is 13.8 Å². The number of alkyl halides is 5. The molecular weight excluding hydrogens is 419 g/mol. The minimum Gasteiger partial charge on any atom is -0.402 e. The van der Waals surface area contributed by atoms with E-state index in [-0.39, 0.29) is 28.9 Å². The zero-order valence-corrected chi connectivity index (χ0v) is 17.0. The number of aromatic nitrogens is 3. The van der Waals surface area contributed by atoms with Crippen molar-refractivity contribution in [2.24, 2.45) is 5.73 Å². The maximum atomic E-state index is 13.6. The molecule has 0 saturated carbocycles. The lowest BCUT2D eigenvalue weighted by Gasteiger charge is -2.30. The molecule has 0 bridgehead atoms. The van der Waals surface area contributed by atoms with E-state index in [9.17, 15) is 22.0 Å². The average Bonchev–Trinajstić information content (AvgIpc) is 2.66. The van der Waals surface area contributed by atoms with Crippen molar-refractivity contribution in [2.45, 2.75) is 38.4 Å². The highest BCUT2D eigenvalue weighted by Crippen LogP contribution is 2.37. The number of nitrogens with zero attached hydrogens (tertiary/aromatic N) is 4. The number of likely N-dealkylation sites (N-methyl/N-ethyl adjacent to an activating group) is 1. The fourth-order valence-corrected chi connectivity index (χ4v) is 3.51. The van der Waals surface area contributed by atoms with Gasteiger partial charge in [0, 0.05) is 29.4 Å². The van der Waals surface area contributed by atoms with Gasteiger partial charge >= 0.3 is 6.18 Å². The smallest absolute Gasteiger partial charge is 0.402 e. The Balaban J connectivity index is 2.03. The number of benzene rings is 1. The van der Waals surface area contributed by atoms with Crippen LogP contribution in [-0.4, -0.2) is 46.3 Å². The van der Waals surface area contributed by atoms with Crippen LogP contribution in [0.5, 0.6) is 0 Å². The summed E-state index contributed by atoms with van der Waals surface area (Å²) in [5.41, 5.74) is 4.00. The second-order valence-electron chi connectivity index (χ2n) is 7.60. The van der Waals surface area contributed by atoms with Crippen LogP contribution in [0.25, 0.3) is 17.3 Å². The topological polar surface area (TPSA) is 80.0 Å². The van der Waals surface area contributed by atoms with E-state index in [0.29, 0.717) is 11.8 Å². The molecular formula is C20H23F5N6. The number of piperidine rings is 1. The van der Waals surface area contributed by atoms with Crippen molar-refractivity contribution >= 4 is 12.0 Å². The van der Waals surface area contributed by atoms with Crippen molar-refractivity contribution in [3.8, 4) is 11.3 Å². The first-order valence-corrected chi connectivity index (χ1v) is 9.68. The third kappa shape index (κ3) is 5.66. The molecule has 11 heteroatoms. The largest absolute Gasteiger partial charge is 0.416 e. The molecule has 0 unspecified atom stereocenters. The van der Waals surface area contributed by atoms with E-state index in [1.165, 1.54) is 6.08 Å². The van der Waals surface area contributed by atoms with E-state index in [2.05, 4.69) is 25.4 Å². The van der Waals surface area contributed by atoms with Crippen molar-refractivity contribution in [2.75, 3.05) is 25.5 Å². The SMILES string of the molecule is CC(N)=Cc1nc(N[C@H]2CCCN(C)C2)nnc1-c1ccc(C(F)(F)F)cc1C(F)F. The molecule has 3 N–H and O–H groups in total. The van der Waals surface area contributed by atoms with Gasteiger partial charge in [-0.05, 0) is 51.6 Å². The number of halogens is 5. The van der Waals surface area contributed by atoms with Crippen molar-refractivity contribution < 1.29 is 22.0 Å². The van der Waals surface area contributed by atoms with Crippen LogP contribution < -0.4 is 11.1 Å². The first kappa shape index (κ1) is 22.9. The Hall–Kier alpha value is -2.82. The van der Waals surface area contributed by atoms with Crippen molar-refractivity contribution in [3.63, 3.8) is 0 Å². The molecule has 1 aromatic carbocycles. The molecule has 31 heavy (non-hydrogen) atoms. The van der Waals surface area contributed by atoms with E-state index in [4.69, 9.17) is 5.73 Å². The number of likely N-dealkylation sites (tertiary alicyclic amines) is 1. The summed E-state index contributed by atoms with van der Waals surface area (Å²) in [5.74, 6) is 0.196.